The summed E-state index contributed by atoms with van der Waals surface area (Å²) in [4.78, 5) is 263. The van der Waals surface area contributed by atoms with E-state index in [1.165, 1.54) is 25.0 Å². The Labute approximate surface area is 657 Å². The molecule has 114 heavy (non-hydrogen) atoms. The number of carbonyl (C=O) groups is 19. The molecule has 0 aromatic heterocycles. The second kappa shape index (κ2) is 50.9. The maximum absolute atomic E-state index is 14.5. The van der Waals surface area contributed by atoms with Crippen molar-refractivity contribution in [3.8, 4) is 0 Å². The van der Waals surface area contributed by atoms with Crippen LogP contribution >= 0.6 is 0 Å². The molecule has 2 heterocycles. The van der Waals surface area contributed by atoms with Crippen molar-refractivity contribution in [2.45, 2.75) is 248 Å². The number of primary amides is 2. The van der Waals surface area contributed by atoms with Crippen molar-refractivity contribution < 1.29 is 117 Å². The number of aliphatic hydroxyl groups excluding tert-OH is 2. The van der Waals surface area contributed by atoms with Gasteiger partial charge in [-0.05, 0) is 108 Å². The molecule has 640 valence electrons. The number of nitrogens with zero attached hydrogens (tertiary/aromatic N) is 3. The van der Waals surface area contributed by atoms with Crippen LogP contribution in [-0.2, 0) is 91.1 Å². The SMILES string of the molecule is CC[C@H](C)[C@H](NC(=O)[C@H](CC1C=NC=N1)NC(=O)[C@H](CCC(N)=O)NC(=O)[C@H](CO)NC(=O)CNC(=O)[C@@H]1CCCN1C(=O)[C@@H](NC(=O)[C@H](CCC(=O)O)NC(=O)[C@@H](N)C(C)C)C(C)C)C(=O)N[C@@H](CC(=O)O)C(=O)N[C@@H](CO)C(=O)N[C@@H](CCC(N)=O)C(=O)N[C@@H](CCCCN)C(=O)N[C@@H](CCCCN)C(=O)N[C@@H](C)C(=O)O. The van der Waals surface area contributed by atoms with Gasteiger partial charge in [0.05, 0.1) is 38.3 Å². The van der Waals surface area contributed by atoms with Crippen LogP contribution in [0.4, 0.5) is 0 Å². The molecular weight excluding hydrogens is 1510 g/mol. The minimum atomic E-state index is -2.12. The minimum absolute atomic E-state index is 0.0108. The van der Waals surface area contributed by atoms with Crippen molar-refractivity contribution in [3.63, 3.8) is 0 Å². The van der Waals surface area contributed by atoms with E-state index in [0.717, 1.165) is 6.34 Å². The normalized spacial score (nSPS) is 17.3. The van der Waals surface area contributed by atoms with Crippen molar-refractivity contribution in [2.75, 3.05) is 39.4 Å². The second-order valence-corrected chi connectivity index (χ2v) is 28.3. The molecular formula is C69H115N21O24. The highest BCUT2D eigenvalue weighted by atomic mass is 16.4. The molecule has 2 aliphatic heterocycles. The highest BCUT2D eigenvalue weighted by Crippen LogP contribution is 2.22. The van der Waals surface area contributed by atoms with Crippen LogP contribution in [0.5, 0.6) is 0 Å². The summed E-state index contributed by atoms with van der Waals surface area (Å²) in [5, 5.41) is 80.1. The number of hydrogen-bond donors (Lipinski definition) is 23. The summed E-state index contributed by atoms with van der Waals surface area (Å²) < 4.78 is 0. The van der Waals surface area contributed by atoms with Gasteiger partial charge in [-0.25, -0.2) is 4.99 Å². The molecule has 16 atom stereocenters. The van der Waals surface area contributed by atoms with Crippen LogP contribution in [0, 0.1) is 17.8 Å². The number of aliphatic carboxylic acids is 3. The van der Waals surface area contributed by atoms with Gasteiger partial charge in [0.2, 0.25) is 94.5 Å². The Kier molecular flexibility index (Phi) is 44.3. The largest absolute Gasteiger partial charge is 0.481 e. The van der Waals surface area contributed by atoms with Crippen molar-refractivity contribution in [2.24, 2.45) is 56.4 Å². The summed E-state index contributed by atoms with van der Waals surface area (Å²) in [5.74, 6) is -23.0. The van der Waals surface area contributed by atoms with E-state index in [2.05, 4.69) is 79.1 Å². The monoisotopic (exact) mass is 1620 g/mol. The highest BCUT2D eigenvalue weighted by molar-refractivity contribution is 6.01. The number of carbonyl (C=O) groups excluding carboxylic acids is 16. The molecule has 0 spiro atoms. The smallest absolute Gasteiger partial charge is 0.325 e. The molecule has 45 heteroatoms. The third kappa shape index (κ3) is 35.0. The van der Waals surface area contributed by atoms with Crippen LogP contribution in [-0.4, -0.2) is 285 Å². The van der Waals surface area contributed by atoms with Gasteiger partial charge >= 0.3 is 17.9 Å². The average molecular weight is 1620 g/mol. The quantitative estimate of drug-likeness (QED) is 0.0252. The molecule has 0 bridgehead atoms. The lowest BCUT2D eigenvalue weighted by molar-refractivity contribution is -0.143. The first-order chi connectivity index (χ1) is 53.6. The van der Waals surface area contributed by atoms with E-state index in [4.69, 9.17) is 28.7 Å². The van der Waals surface area contributed by atoms with Gasteiger partial charge in [-0.3, -0.25) is 96.1 Å². The molecule has 0 aliphatic carbocycles. The lowest BCUT2D eigenvalue weighted by Crippen LogP contribution is -2.62. The van der Waals surface area contributed by atoms with Crippen molar-refractivity contribution in [1.82, 2.24) is 74.0 Å². The molecule has 0 aromatic carbocycles. The van der Waals surface area contributed by atoms with Crippen LogP contribution < -0.4 is 97.8 Å². The number of rotatable bonds is 55. The van der Waals surface area contributed by atoms with Gasteiger partial charge in [-0.1, -0.05) is 48.0 Å². The number of carboxylic acid groups (broad SMARTS) is 3. The highest BCUT2D eigenvalue weighted by Gasteiger charge is 2.42. The number of aliphatic hydroxyl groups is 2. The third-order valence-electron chi connectivity index (χ3n) is 18.5. The van der Waals surface area contributed by atoms with Crippen LogP contribution in [0.2, 0.25) is 0 Å². The lowest BCUT2D eigenvalue weighted by Gasteiger charge is -2.31. The predicted molar refractivity (Wildman–Crippen MR) is 403 cm³/mol. The van der Waals surface area contributed by atoms with E-state index in [9.17, 15) is 117 Å². The number of aliphatic imine (C=N–C) groups is 2. The summed E-state index contributed by atoms with van der Waals surface area (Å²) in [6, 6.07) is -23.2. The molecule has 2 rings (SSSR count). The molecule has 0 radical (unpaired) electrons. The Balaban J connectivity index is 2.39. The topological polar surface area (TPSA) is 740 Å². The molecule has 16 amide bonds. The van der Waals surface area contributed by atoms with Gasteiger partial charge in [0.25, 0.3) is 0 Å². The number of unbranched alkanes of at least 4 members (excludes halogenated alkanes) is 2. The Hall–Kier alpha value is -10.9. The molecule has 0 aromatic rings. The maximum Gasteiger partial charge on any atom is 0.325 e. The van der Waals surface area contributed by atoms with Gasteiger partial charge in [0, 0.05) is 38.4 Å². The zero-order valence-corrected chi connectivity index (χ0v) is 65.0. The number of nitrogens with one attached hydrogen (secondary N) is 13. The van der Waals surface area contributed by atoms with E-state index in [0.29, 0.717) is 25.7 Å². The van der Waals surface area contributed by atoms with Gasteiger partial charge in [0.15, 0.2) is 0 Å². The summed E-state index contributed by atoms with van der Waals surface area (Å²) in [5.41, 5.74) is 28.1. The van der Waals surface area contributed by atoms with E-state index < -0.39 is 280 Å². The Morgan fingerprint density at radius 2 is 0.904 bits per heavy atom. The van der Waals surface area contributed by atoms with E-state index in [1.807, 2.05) is 0 Å². The van der Waals surface area contributed by atoms with Crippen molar-refractivity contribution in [3.05, 3.63) is 0 Å². The molecule has 1 saturated heterocycles. The number of likely N-dealkylation sites (tertiary alicyclic amines) is 1. The fraction of sp³-hybridized carbons (Fsp3) is 0.696. The van der Waals surface area contributed by atoms with Gasteiger partial charge in [-0.15, -0.1) is 0 Å². The molecule has 45 nitrogen and oxygen atoms in total. The van der Waals surface area contributed by atoms with E-state index in [-0.39, 0.29) is 64.1 Å². The van der Waals surface area contributed by atoms with Crippen LogP contribution in [0.15, 0.2) is 9.98 Å². The maximum atomic E-state index is 14.5. The Morgan fingerprint density at radius 1 is 0.482 bits per heavy atom. The zero-order chi connectivity index (χ0) is 86.2. The standard InChI is InChI=1S/C69H115N21O24/c1-8-35(6)55(67(111)86-44(27-52(98)99)61(105)87-46(31-92)64(108)83-40(17-20-48(72)93)58(102)81-39(15-10-12-24-71)57(101)80-38(14-9-11-23-70)56(100)78-36(7)69(113)114)89-62(106)43(26-37-28-75-32-77-37)85-59(103)41(18-21-49(73)94)82-63(107)45(30-91)79-50(95)29-76-65(109)47-16-13-25-90(47)68(112)54(34(4)5)88-60(104)42(19-22-51(96)97)84-66(110)53(74)33(2)3/h28,32-47,53-55,91-92H,8-27,29-31,70-71,74H2,1-7H3,(H2,72,93)(H2,73,94)(H,76,109)(H,78,100)(H,79,95)(H,80,101)(H,81,102)(H,82,107)(H,83,108)(H,84,110)(H,85,103)(H,86,111)(H,87,105)(H,88,104)(H,89,106)(H,96,97)(H,98,99)(H,113,114)/t35-,36-,37?,38-,39-,40-,41-,42-,43-,44-,45-,46-,47-,53-,54-,55-/m0/s1. The average Bonchev–Trinajstić information content (AvgIpc) is 1.62. The Bertz CT molecular complexity index is 3420. The molecule has 2 aliphatic rings. The van der Waals surface area contributed by atoms with Gasteiger partial charge < -0.3 is 128 Å². The minimum Gasteiger partial charge on any atom is -0.481 e. The number of carboxylic acids is 3. The van der Waals surface area contributed by atoms with E-state index >= 15 is 0 Å². The predicted octanol–water partition coefficient (Wildman–Crippen LogP) is -9.31. The summed E-state index contributed by atoms with van der Waals surface area (Å²) in [6.07, 6.45) is -0.847. The van der Waals surface area contributed by atoms with Crippen molar-refractivity contribution >= 4 is 125 Å². The summed E-state index contributed by atoms with van der Waals surface area (Å²) >= 11 is 0. The summed E-state index contributed by atoms with van der Waals surface area (Å²) in [7, 11) is 0. The fourth-order valence-corrected chi connectivity index (χ4v) is 11.4. The molecule has 1 unspecified atom stereocenters. The third-order valence-corrected chi connectivity index (χ3v) is 18.5. The Morgan fingerprint density at radius 3 is 1.34 bits per heavy atom. The second-order valence-electron chi connectivity index (χ2n) is 28.3. The van der Waals surface area contributed by atoms with Gasteiger partial charge in [0.1, 0.15) is 84.9 Å². The van der Waals surface area contributed by atoms with Crippen LogP contribution in [0.1, 0.15) is 158 Å². The van der Waals surface area contributed by atoms with Gasteiger partial charge in [-0.2, -0.15) is 0 Å². The summed E-state index contributed by atoms with van der Waals surface area (Å²) in [6.45, 7) is 7.82. The molecule has 28 N–H and O–H groups in total. The van der Waals surface area contributed by atoms with Crippen LogP contribution in [0.25, 0.3) is 0 Å². The first-order valence-electron chi connectivity index (χ1n) is 37.5. The number of nitrogens with two attached hydrogens (primary N) is 5. The van der Waals surface area contributed by atoms with Crippen LogP contribution in [0.3, 0.4) is 0 Å². The van der Waals surface area contributed by atoms with E-state index in [1.54, 1.807) is 34.6 Å². The van der Waals surface area contributed by atoms with Crippen molar-refractivity contribution in [1.29, 1.82) is 0 Å². The zero-order valence-electron chi connectivity index (χ0n) is 65.0. The number of amides is 16. The fourth-order valence-electron chi connectivity index (χ4n) is 11.4. The number of hydrogen-bond acceptors (Lipinski definition) is 26. The molecule has 0 saturated carbocycles. The first kappa shape index (κ1) is 99.1. The first-order valence-corrected chi connectivity index (χ1v) is 37.5. The molecule has 1 fully saturated rings. The lowest BCUT2D eigenvalue weighted by atomic mass is 9.96.